The van der Waals surface area contributed by atoms with Gasteiger partial charge in [-0.2, -0.15) is 0 Å². The lowest BCUT2D eigenvalue weighted by Crippen LogP contribution is -2.50. The first-order valence-corrected chi connectivity index (χ1v) is 8.88. The van der Waals surface area contributed by atoms with Crippen molar-refractivity contribution in [2.45, 2.75) is 6.92 Å². The smallest absolute Gasteiger partial charge is 0.289 e. The molecule has 0 aliphatic carbocycles. The molecule has 144 valence electrons. The molecule has 0 unspecified atom stereocenters. The normalized spacial score (nSPS) is 14.2. The Bertz CT molecular complexity index is 957. The largest absolute Gasteiger partial charge is 0.459 e. The van der Waals surface area contributed by atoms with E-state index >= 15 is 0 Å². The van der Waals surface area contributed by atoms with E-state index in [2.05, 4.69) is 15.5 Å². The van der Waals surface area contributed by atoms with Crippen molar-refractivity contribution >= 4 is 23.3 Å². The molecule has 0 spiro atoms. The Balaban J connectivity index is 1.34. The van der Waals surface area contributed by atoms with Gasteiger partial charge in [-0.3, -0.25) is 9.59 Å². The lowest BCUT2D eigenvalue weighted by molar-refractivity contribution is 0.0515. The first kappa shape index (κ1) is 17.8. The zero-order valence-electron chi connectivity index (χ0n) is 15.3. The van der Waals surface area contributed by atoms with Crippen molar-refractivity contribution in [2.75, 3.05) is 31.5 Å². The number of aryl methyl sites for hydroxylation is 1. The van der Waals surface area contributed by atoms with Crippen LogP contribution >= 0.6 is 0 Å². The van der Waals surface area contributed by atoms with Gasteiger partial charge in [0.05, 0.1) is 18.1 Å². The van der Waals surface area contributed by atoms with Gasteiger partial charge in [-0.1, -0.05) is 5.16 Å². The summed E-state index contributed by atoms with van der Waals surface area (Å²) >= 11 is 0. The zero-order valence-corrected chi connectivity index (χ0v) is 15.3. The Labute approximate surface area is 160 Å². The number of carbonyl (C=O) groups excluding carboxylic acids is 2. The predicted molar refractivity (Wildman–Crippen MR) is 99.3 cm³/mol. The van der Waals surface area contributed by atoms with Gasteiger partial charge in [0.15, 0.2) is 11.6 Å². The number of nitrogens with one attached hydrogen (secondary N) is 1. The Morgan fingerprint density at radius 2 is 1.82 bits per heavy atom. The van der Waals surface area contributed by atoms with Crippen LogP contribution in [-0.2, 0) is 0 Å². The minimum atomic E-state index is -0.159. The first-order chi connectivity index (χ1) is 13.6. The standard InChI is InChI=1S/C19H19N5O4/c1-13-11-17(22-28-13)21-14-4-5-15(20-12-14)18(25)23-6-8-24(9-7-23)19(26)16-3-2-10-27-16/h2-5,10-12H,6-9H2,1H3,(H,21,22). The molecule has 1 aliphatic rings. The van der Waals surface area contributed by atoms with Crippen LogP contribution in [0.3, 0.4) is 0 Å². The Kier molecular flexibility index (Phi) is 4.79. The number of pyridine rings is 1. The highest BCUT2D eigenvalue weighted by atomic mass is 16.5. The number of hydrogen-bond acceptors (Lipinski definition) is 7. The SMILES string of the molecule is Cc1cc(Nc2ccc(C(=O)N3CCN(C(=O)c4ccco4)CC3)nc2)no1. The van der Waals surface area contributed by atoms with Crippen LogP contribution in [0, 0.1) is 6.92 Å². The number of piperazine rings is 1. The summed E-state index contributed by atoms with van der Waals surface area (Å²) in [6.07, 6.45) is 3.05. The molecule has 0 bridgehead atoms. The van der Waals surface area contributed by atoms with Gasteiger partial charge in [0, 0.05) is 32.2 Å². The summed E-state index contributed by atoms with van der Waals surface area (Å²) in [5.41, 5.74) is 1.06. The van der Waals surface area contributed by atoms with Crippen LogP contribution in [0.1, 0.15) is 26.8 Å². The van der Waals surface area contributed by atoms with Crippen LogP contribution in [0.4, 0.5) is 11.5 Å². The van der Waals surface area contributed by atoms with Crippen molar-refractivity contribution in [1.82, 2.24) is 19.9 Å². The Hall–Kier alpha value is -3.62. The highest BCUT2D eigenvalue weighted by molar-refractivity contribution is 5.94. The molecule has 4 rings (SSSR count). The van der Waals surface area contributed by atoms with E-state index in [0.717, 1.165) is 0 Å². The molecule has 9 nitrogen and oxygen atoms in total. The second-order valence-electron chi connectivity index (χ2n) is 6.44. The molecule has 0 atom stereocenters. The molecule has 28 heavy (non-hydrogen) atoms. The average molecular weight is 381 g/mol. The fourth-order valence-corrected chi connectivity index (χ4v) is 3.00. The summed E-state index contributed by atoms with van der Waals surface area (Å²) < 4.78 is 10.1. The summed E-state index contributed by atoms with van der Waals surface area (Å²) in [6, 6.07) is 8.52. The lowest BCUT2D eigenvalue weighted by Gasteiger charge is -2.34. The van der Waals surface area contributed by atoms with Crippen molar-refractivity contribution in [3.63, 3.8) is 0 Å². The van der Waals surface area contributed by atoms with Crippen LogP contribution in [0.5, 0.6) is 0 Å². The number of rotatable bonds is 4. The molecule has 1 N–H and O–H groups in total. The van der Waals surface area contributed by atoms with Gasteiger partial charge in [-0.15, -0.1) is 0 Å². The van der Waals surface area contributed by atoms with Gasteiger partial charge >= 0.3 is 0 Å². The molecule has 1 aliphatic heterocycles. The predicted octanol–water partition coefficient (Wildman–Crippen LogP) is 2.31. The summed E-state index contributed by atoms with van der Waals surface area (Å²) in [6.45, 7) is 3.61. The molecular weight excluding hydrogens is 362 g/mol. The van der Waals surface area contributed by atoms with Gasteiger partial charge in [0.1, 0.15) is 11.5 Å². The van der Waals surface area contributed by atoms with Crippen molar-refractivity contribution in [2.24, 2.45) is 0 Å². The number of amides is 2. The van der Waals surface area contributed by atoms with Crippen LogP contribution in [0.25, 0.3) is 0 Å². The van der Waals surface area contributed by atoms with E-state index in [0.29, 0.717) is 54.9 Å². The van der Waals surface area contributed by atoms with Crippen molar-refractivity contribution in [3.8, 4) is 0 Å². The molecule has 0 radical (unpaired) electrons. The second-order valence-corrected chi connectivity index (χ2v) is 6.44. The molecule has 4 heterocycles. The number of aromatic nitrogens is 2. The average Bonchev–Trinajstić information content (AvgIpc) is 3.40. The second kappa shape index (κ2) is 7.55. The minimum absolute atomic E-state index is 0.158. The zero-order chi connectivity index (χ0) is 19.5. The summed E-state index contributed by atoms with van der Waals surface area (Å²) in [4.78, 5) is 32.6. The van der Waals surface area contributed by atoms with Gasteiger partial charge in [-0.05, 0) is 31.2 Å². The van der Waals surface area contributed by atoms with Crippen molar-refractivity contribution in [3.05, 3.63) is 60.0 Å². The molecule has 0 aromatic carbocycles. The van der Waals surface area contributed by atoms with E-state index in [1.165, 1.54) is 6.26 Å². The number of anilines is 2. The van der Waals surface area contributed by atoms with Crippen LogP contribution in [-0.4, -0.2) is 57.9 Å². The summed E-state index contributed by atoms with van der Waals surface area (Å²) in [5.74, 6) is 1.28. The molecule has 0 saturated carbocycles. The number of nitrogens with zero attached hydrogens (tertiary/aromatic N) is 4. The van der Waals surface area contributed by atoms with Gasteiger partial charge in [0.2, 0.25) is 0 Å². The minimum Gasteiger partial charge on any atom is -0.459 e. The third kappa shape index (κ3) is 3.73. The molecule has 9 heteroatoms. The topological polar surface area (TPSA) is 105 Å². The van der Waals surface area contributed by atoms with Gasteiger partial charge in [0.25, 0.3) is 11.8 Å². The van der Waals surface area contributed by atoms with E-state index in [1.54, 1.807) is 53.3 Å². The van der Waals surface area contributed by atoms with Crippen LogP contribution in [0.2, 0.25) is 0 Å². The lowest BCUT2D eigenvalue weighted by atomic mass is 10.2. The fourth-order valence-electron chi connectivity index (χ4n) is 3.00. The van der Waals surface area contributed by atoms with Crippen molar-refractivity contribution < 1.29 is 18.5 Å². The van der Waals surface area contributed by atoms with Gasteiger partial charge in [-0.25, -0.2) is 4.98 Å². The number of carbonyl (C=O) groups is 2. The quantitative estimate of drug-likeness (QED) is 0.739. The summed E-state index contributed by atoms with van der Waals surface area (Å²) in [7, 11) is 0. The van der Waals surface area contributed by atoms with E-state index in [4.69, 9.17) is 8.94 Å². The van der Waals surface area contributed by atoms with E-state index in [-0.39, 0.29) is 11.8 Å². The molecule has 1 fully saturated rings. The maximum absolute atomic E-state index is 12.7. The molecule has 2 amide bonds. The Morgan fingerprint density at radius 3 is 2.39 bits per heavy atom. The summed E-state index contributed by atoms with van der Waals surface area (Å²) in [5, 5.41) is 6.91. The highest BCUT2D eigenvalue weighted by Gasteiger charge is 2.27. The van der Waals surface area contributed by atoms with Crippen molar-refractivity contribution in [1.29, 1.82) is 0 Å². The maximum atomic E-state index is 12.7. The van der Waals surface area contributed by atoms with E-state index < -0.39 is 0 Å². The number of hydrogen-bond donors (Lipinski definition) is 1. The highest BCUT2D eigenvalue weighted by Crippen LogP contribution is 2.17. The molecule has 3 aromatic heterocycles. The first-order valence-electron chi connectivity index (χ1n) is 8.88. The van der Waals surface area contributed by atoms with Gasteiger partial charge < -0.3 is 24.1 Å². The molecule has 3 aromatic rings. The Morgan fingerprint density at radius 1 is 1.07 bits per heavy atom. The third-order valence-corrected chi connectivity index (χ3v) is 4.47. The molecular formula is C19H19N5O4. The monoisotopic (exact) mass is 381 g/mol. The maximum Gasteiger partial charge on any atom is 0.289 e. The van der Waals surface area contributed by atoms with E-state index in [1.807, 2.05) is 0 Å². The third-order valence-electron chi connectivity index (χ3n) is 4.47. The molecule has 1 saturated heterocycles. The number of furan rings is 1. The van der Waals surface area contributed by atoms with Crippen LogP contribution < -0.4 is 5.32 Å². The van der Waals surface area contributed by atoms with E-state index in [9.17, 15) is 9.59 Å². The fraction of sp³-hybridized carbons (Fsp3) is 0.263. The van der Waals surface area contributed by atoms with Crippen LogP contribution in [0.15, 0.2) is 51.7 Å².